The third kappa shape index (κ3) is 4.63. The molecule has 90 valence electrons. The molecule has 0 aliphatic carbocycles. The fourth-order valence-electron chi connectivity index (χ4n) is 1.86. The summed E-state index contributed by atoms with van der Waals surface area (Å²) < 4.78 is 0. The predicted octanol–water partition coefficient (Wildman–Crippen LogP) is 1.14. The molecule has 1 saturated heterocycles. The number of nitrogens with one attached hydrogen (secondary N) is 1. The van der Waals surface area contributed by atoms with Crippen molar-refractivity contribution in [3.05, 3.63) is 0 Å². The van der Waals surface area contributed by atoms with Crippen molar-refractivity contribution in [3.63, 3.8) is 0 Å². The van der Waals surface area contributed by atoms with Crippen molar-refractivity contribution in [1.82, 2.24) is 10.2 Å². The van der Waals surface area contributed by atoms with E-state index in [0.717, 1.165) is 38.9 Å². The summed E-state index contributed by atoms with van der Waals surface area (Å²) in [5.74, 6) is 0.122. The van der Waals surface area contributed by atoms with Crippen LogP contribution in [0.3, 0.4) is 0 Å². The molecule has 0 saturated carbocycles. The maximum atomic E-state index is 11.3. The van der Waals surface area contributed by atoms with E-state index in [4.69, 9.17) is 5.26 Å². The third-order valence-corrected chi connectivity index (χ3v) is 2.92. The summed E-state index contributed by atoms with van der Waals surface area (Å²) in [5.41, 5.74) is -0.242. The van der Waals surface area contributed by atoms with E-state index in [2.05, 4.69) is 16.3 Å². The molecule has 16 heavy (non-hydrogen) atoms. The molecule has 0 aromatic carbocycles. The number of nitrogens with zero attached hydrogens (tertiary/aromatic N) is 2. The number of hydrogen-bond acceptors (Lipinski definition) is 3. The van der Waals surface area contributed by atoms with E-state index in [1.807, 2.05) is 13.8 Å². The van der Waals surface area contributed by atoms with Crippen LogP contribution in [0, 0.1) is 16.7 Å². The van der Waals surface area contributed by atoms with Crippen molar-refractivity contribution in [2.24, 2.45) is 5.41 Å². The normalized spacial score (nSPS) is 18.7. The lowest BCUT2D eigenvalue weighted by molar-refractivity contribution is -0.121. The number of rotatable bonds is 4. The van der Waals surface area contributed by atoms with Crippen LogP contribution in [-0.4, -0.2) is 37.0 Å². The van der Waals surface area contributed by atoms with Gasteiger partial charge in [-0.05, 0) is 39.7 Å². The van der Waals surface area contributed by atoms with Crippen molar-refractivity contribution in [2.75, 3.05) is 26.2 Å². The van der Waals surface area contributed by atoms with Gasteiger partial charge in [-0.1, -0.05) is 0 Å². The molecule has 0 radical (unpaired) electrons. The zero-order valence-corrected chi connectivity index (χ0v) is 10.3. The summed E-state index contributed by atoms with van der Waals surface area (Å²) in [6, 6.07) is 2.30. The lowest BCUT2D eigenvalue weighted by Gasteiger charge is -2.21. The van der Waals surface area contributed by atoms with E-state index in [1.54, 1.807) is 0 Å². The van der Waals surface area contributed by atoms with Gasteiger partial charge in [-0.3, -0.25) is 9.69 Å². The Hall–Kier alpha value is -1.08. The van der Waals surface area contributed by atoms with Gasteiger partial charge in [-0.25, -0.2) is 0 Å². The fourth-order valence-corrected chi connectivity index (χ4v) is 1.86. The number of carbonyl (C=O) groups excluding carboxylic acids is 1. The quantitative estimate of drug-likeness (QED) is 0.777. The fraction of sp³-hybridized carbons (Fsp3) is 0.833. The standard InChI is InChI=1S/C12H21N3O/c1-12(2,10-13)5-3-7-15-8-4-6-14-11(16)9-15/h3-9H2,1-2H3,(H,14,16). The molecule has 0 unspecified atom stereocenters. The molecule has 1 heterocycles. The Balaban J connectivity index is 2.27. The van der Waals surface area contributed by atoms with E-state index >= 15 is 0 Å². The van der Waals surface area contributed by atoms with Gasteiger partial charge >= 0.3 is 0 Å². The highest BCUT2D eigenvalue weighted by Crippen LogP contribution is 2.20. The summed E-state index contributed by atoms with van der Waals surface area (Å²) in [7, 11) is 0. The van der Waals surface area contributed by atoms with E-state index in [0.29, 0.717) is 6.54 Å². The van der Waals surface area contributed by atoms with Gasteiger partial charge in [-0.2, -0.15) is 5.26 Å². The summed E-state index contributed by atoms with van der Waals surface area (Å²) in [4.78, 5) is 13.5. The molecule has 1 N–H and O–H groups in total. The molecule has 1 fully saturated rings. The maximum Gasteiger partial charge on any atom is 0.234 e. The Labute approximate surface area is 97.6 Å². The minimum atomic E-state index is -0.242. The first kappa shape index (κ1) is 13.0. The number of carbonyl (C=O) groups is 1. The molecule has 1 aliphatic rings. The molecular formula is C12H21N3O. The molecule has 4 heteroatoms. The molecule has 1 rings (SSSR count). The first-order valence-corrected chi connectivity index (χ1v) is 5.94. The van der Waals surface area contributed by atoms with Crippen LogP contribution in [0.25, 0.3) is 0 Å². The Kier molecular flexibility index (Phi) is 4.75. The highest BCUT2D eigenvalue weighted by molar-refractivity contribution is 5.78. The van der Waals surface area contributed by atoms with Crippen LogP contribution < -0.4 is 5.32 Å². The van der Waals surface area contributed by atoms with Gasteiger partial charge in [0.1, 0.15) is 0 Å². The van der Waals surface area contributed by atoms with Crippen LogP contribution in [0.15, 0.2) is 0 Å². The minimum absolute atomic E-state index is 0.122. The van der Waals surface area contributed by atoms with Gasteiger partial charge in [0.2, 0.25) is 5.91 Å². The Morgan fingerprint density at radius 1 is 1.56 bits per heavy atom. The van der Waals surface area contributed by atoms with E-state index in [-0.39, 0.29) is 11.3 Å². The van der Waals surface area contributed by atoms with Crippen LogP contribution in [0.2, 0.25) is 0 Å². The zero-order chi connectivity index (χ0) is 12.0. The smallest absolute Gasteiger partial charge is 0.234 e. The average Bonchev–Trinajstić information content (AvgIpc) is 2.43. The van der Waals surface area contributed by atoms with Gasteiger partial charge in [0.05, 0.1) is 18.0 Å². The Morgan fingerprint density at radius 3 is 3.00 bits per heavy atom. The van der Waals surface area contributed by atoms with Crippen molar-refractivity contribution < 1.29 is 4.79 Å². The van der Waals surface area contributed by atoms with Crippen molar-refractivity contribution in [2.45, 2.75) is 33.1 Å². The van der Waals surface area contributed by atoms with E-state index in [9.17, 15) is 4.79 Å². The first-order valence-electron chi connectivity index (χ1n) is 5.94. The van der Waals surface area contributed by atoms with Crippen molar-refractivity contribution in [1.29, 1.82) is 5.26 Å². The predicted molar refractivity (Wildman–Crippen MR) is 62.7 cm³/mol. The van der Waals surface area contributed by atoms with Gasteiger partial charge in [0.15, 0.2) is 0 Å². The molecule has 0 aromatic rings. The SMILES string of the molecule is CC(C)(C#N)CCCN1CCCNC(=O)C1. The monoisotopic (exact) mass is 223 g/mol. The summed E-state index contributed by atoms with van der Waals surface area (Å²) in [6.45, 7) is 7.11. The molecule has 0 bridgehead atoms. The molecule has 0 atom stereocenters. The second kappa shape index (κ2) is 5.86. The largest absolute Gasteiger partial charge is 0.355 e. The lowest BCUT2D eigenvalue weighted by atomic mass is 9.90. The van der Waals surface area contributed by atoms with Crippen LogP contribution in [0.5, 0.6) is 0 Å². The molecule has 4 nitrogen and oxygen atoms in total. The molecule has 0 aromatic heterocycles. The topological polar surface area (TPSA) is 56.1 Å². The van der Waals surface area contributed by atoms with Crippen LogP contribution >= 0.6 is 0 Å². The zero-order valence-electron chi connectivity index (χ0n) is 10.3. The molecule has 1 aliphatic heterocycles. The third-order valence-electron chi connectivity index (χ3n) is 2.92. The summed E-state index contributed by atoms with van der Waals surface area (Å²) >= 11 is 0. The van der Waals surface area contributed by atoms with Gasteiger partial charge in [0.25, 0.3) is 0 Å². The summed E-state index contributed by atoms with van der Waals surface area (Å²) in [5, 5.41) is 11.7. The molecular weight excluding hydrogens is 202 g/mol. The molecule has 1 amide bonds. The highest BCUT2D eigenvalue weighted by atomic mass is 16.2. The van der Waals surface area contributed by atoms with E-state index < -0.39 is 0 Å². The van der Waals surface area contributed by atoms with Gasteiger partial charge < -0.3 is 5.32 Å². The van der Waals surface area contributed by atoms with Crippen LogP contribution in [-0.2, 0) is 4.79 Å². The number of nitriles is 1. The second-order valence-corrected chi connectivity index (χ2v) is 5.08. The maximum absolute atomic E-state index is 11.3. The number of amides is 1. The van der Waals surface area contributed by atoms with Crippen molar-refractivity contribution in [3.8, 4) is 6.07 Å². The lowest BCUT2D eigenvalue weighted by Crippen LogP contribution is -2.34. The Morgan fingerprint density at radius 2 is 2.31 bits per heavy atom. The van der Waals surface area contributed by atoms with Crippen LogP contribution in [0.1, 0.15) is 33.1 Å². The van der Waals surface area contributed by atoms with E-state index in [1.165, 1.54) is 0 Å². The van der Waals surface area contributed by atoms with Crippen LogP contribution in [0.4, 0.5) is 0 Å². The average molecular weight is 223 g/mol. The minimum Gasteiger partial charge on any atom is -0.355 e. The summed E-state index contributed by atoms with van der Waals surface area (Å²) in [6.07, 6.45) is 2.89. The van der Waals surface area contributed by atoms with Gasteiger partial charge in [0, 0.05) is 13.1 Å². The Bertz CT molecular complexity index is 280. The first-order chi connectivity index (χ1) is 7.53. The highest BCUT2D eigenvalue weighted by Gasteiger charge is 2.18. The van der Waals surface area contributed by atoms with Gasteiger partial charge in [-0.15, -0.1) is 0 Å². The van der Waals surface area contributed by atoms with Crippen molar-refractivity contribution >= 4 is 5.91 Å². The molecule has 0 spiro atoms. The number of hydrogen-bond donors (Lipinski definition) is 1. The second-order valence-electron chi connectivity index (χ2n) is 5.08.